The lowest BCUT2D eigenvalue weighted by Gasteiger charge is -2.27. The van der Waals surface area contributed by atoms with Crippen LogP contribution in [0.25, 0.3) is 0 Å². The van der Waals surface area contributed by atoms with Crippen molar-refractivity contribution >= 4 is 5.91 Å². The van der Waals surface area contributed by atoms with Gasteiger partial charge in [0.15, 0.2) is 0 Å². The minimum absolute atomic E-state index is 0.141. The van der Waals surface area contributed by atoms with Crippen LogP contribution >= 0.6 is 0 Å². The van der Waals surface area contributed by atoms with E-state index in [0.717, 1.165) is 41.0 Å². The molecule has 2 aliphatic rings. The van der Waals surface area contributed by atoms with E-state index in [1.54, 1.807) is 0 Å². The van der Waals surface area contributed by atoms with Gasteiger partial charge in [-0.3, -0.25) is 4.79 Å². The van der Waals surface area contributed by atoms with Crippen molar-refractivity contribution in [1.29, 1.82) is 0 Å². The van der Waals surface area contributed by atoms with E-state index in [1.807, 2.05) is 23.1 Å². The highest BCUT2D eigenvalue weighted by Gasteiger charge is 2.29. The fourth-order valence-electron chi connectivity index (χ4n) is 3.86. The number of ether oxygens (including phenoxy) is 2. The molecule has 2 aliphatic heterocycles. The molecule has 2 aromatic carbocycles. The number of nitrogens with zero attached hydrogens (tertiary/aromatic N) is 1. The maximum absolute atomic E-state index is 13.2. The van der Waals surface area contributed by atoms with Crippen LogP contribution in [0.3, 0.4) is 0 Å². The van der Waals surface area contributed by atoms with Gasteiger partial charge in [0, 0.05) is 42.1 Å². The Morgan fingerprint density at radius 1 is 1.12 bits per heavy atom. The highest BCUT2D eigenvalue weighted by atomic mass is 16.5. The second-order valence-corrected chi connectivity index (χ2v) is 7.29. The number of hydrogen-bond donors (Lipinski definition) is 0. The van der Waals surface area contributed by atoms with Crippen LogP contribution in [0.2, 0.25) is 0 Å². The lowest BCUT2D eigenvalue weighted by atomic mass is 9.96. The molecule has 0 radical (unpaired) electrons. The van der Waals surface area contributed by atoms with Gasteiger partial charge >= 0.3 is 0 Å². The molecule has 0 fully saturated rings. The van der Waals surface area contributed by atoms with Gasteiger partial charge in [0.25, 0.3) is 0 Å². The van der Waals surface area contributed by atoms with Gasteiger partial charge in [-0.1, -0.05) is 30.3 Å². The van der Waals surface area contributed by atoms with Gasteiger partial charge < -0.3 is 14.4 Å². The van der Waals surface area contributed by atoms with Gasteiger partial charge in [0.05, 0.1) is 19.6 Å². The summed E-state index contributed by atoms with van der Waals surface area (Å²) in [6.07, 6.45) is 2.12. The van der Waals surface area contributed by atoms with Crippen molar-refractivity contribution in [2.75, 3.05) is 13.2 Å². The molecule has 0 saturated heterocycles. The van der Waals surface area contributed by atoms with Crippen molar-refractivity contribution in [3.05, 3.63) is 58.7 Å². The Hall–Kier alpha value is -2.49. The molecule has 0 aliphatic carbocycles. The molecule has 4 nitrogen and oxygen atoms in total. The first kappa shape index (κ1) is 17.0. The van der Waals surface area contributed by atoms with E-state index in [4.69, 9.17) is 9.47 Å². The average molecular weight is 351 g/mol. The first-order valence-corrected chi connectivity index (χ1v) is 9.40. The summed E-state index contributed by atoms with van der Waals surface area (Å²) in [7, 11) is 0. The van der Waals surface area contributed by atoms with E-state index in [2.05, 4.69) is 32.0 Å². The van der Waals surface area contributed by atoms with Crippen LogP contribution < -0.4 is 9.47 Å². The number of amides is 1. The molecule has 0 atom stereocenters. The van der Waals surface area contributed by atoms with E-state index in [9.17, 15) is 4.79 Å². The number of fused-ring (bicyclic) bond motifs is 2. The molecule has 0 saturated carbocycles. The molecular formula is C22H25NO3. The largest absolute Gasteiger partial charge is 0.493 e. The number of hydrogen-bond acceptors (Lipinski definition) is 3. The van der Waals surface area contributed by atoms with Crippen molar-refractivity contribution in [2.24, 2.45) is 0 Å². The normalized spacial score (nSPS) is 14.6. The molecule has 0 aromatic heterocycles. The van der Waals surface area contributed by atoms with Crippen LogP contribution in [0.15, 0.2) is 36.4 Å². The first-order chi connectivity index (χ1) is 12.6. The molecule has 2 aromatic rings. The summed E-state index contributed by atoms with van der Waals surface area (Å²) in [5.74, 6) is 2.00. The SMILES string of the molecule is CC(C)N(Cc1ccccc1)C(=O)Cc1c2c(cc3c1OCC3)OCC2. The summed E-state index contributed by atoms with van der Waals surface area (Å²) in [5.41, 5.74) is 4.52. The Labute approximate surface area is 154 Å². The van der Waals surface area contributed by atoms with Crippen LogP contribution in [0.4, 0.5) is 0 Å². The quantitative estimate of drug-likeness (QED) is 0.827. The van der Waals surface area contributed by atoms with Crippen LogP contribution in [0, 0.1) is 0 Å². The second-order valence-electron chi connectivity index (χ2n) is 7.29. The van der Waals surface area contributed by atoms with Gasteiger partial charge in [-0.15, -0.1) is 0 Å². The predicted octanol–water partition coefficient (Wildman–Crippen LogP) is 3.54. The zero-order valence-corrected chi connectivity index (χ0v) is 15.5. The molecule has 136 valence electrons. The molecule has 4 heteroatoms. The molecule has 26 heavy (non-hydrogen) atoms. The maximum atomic E-state index is 13.2. The number of carbonyl (C=O) groups excluding carboxylic acids is 1. The zero-order valence-electron chi connectivity index (χ0n) is 15.5. The van der Waals surface area contributed by atoms with Gasteiger partial charge in [-0.05, 0) is 25.5 Å². The van der Waals surface area contributed by atoms with Crippen molar-refractivity contribution < 1.29 is 14.3 Å². The van der Waals surface area contributed by atoms with E-state index in [1.165, 1.54) is 5.56 Å². The molecule has 1 amide bonds. The Balaban J connectivity index is 1.61. The number of carbonyl (C=O) groups is 1. The van der Waals surface area contributed by atoms with Gasteiger partial charge in [-0.25, -0.2) is 0 Å². The van der Waals surface area contributed by atoms with Crippen molar-refractivity contribution in [1.82, 2.24) is 4.90 Å². The summed E-state index contributed by atoms with van der Waals surface area (Å²) >= 11 is 0. The van der Waals surface area contributed by atoms with Gasteiger partial charge in [-0.2, -0.15) is 0 Å². The van der Waals surface area contributed by atoms with Crippen molar-refractivity contribution in [2.45, 2.75) is 45.7 Å². The van der Waals surface area contributed by atoms with E-state index >= 15 is 0 Å². The van der Waals surface area contributed by atoms with Gasteiger partial charge in [0.1, 0.15) is 11.5 Å². The summed E-state index contributed by atoms with van der Waals surface area (Å²) in [6, 6.07) is 12.4. The monoisotopic (exact) mass is 351 g/mol. The molecular weight excluding hydrogens is 326 g/mol. The smallest absolute Gasteiger partial charge is 0.227 e. The average Bonchev–Trinajstić information content (AvgIpc) is 3.29. The fraction of sp³-hybridized carbons (Fsp3) is 0.409. The summed E-state index contributed by atoms with van der Waals surface area (Å²) in [4.78, 5) is 15.1. The Morgan fingerprint density at radius 2 is 1.88 bits per heavy atom. The third-order valence-corrected chi connectivity index (χ3v) is 5.23. The topological polar surface area (TPSA) is 38.8 Å². The van der Waals surface area contributed by atoms with E-state index < -0.39 is 0 Å². The molecule has 2 heterocycles. The summed E-state index contributed by atoms with van der Waals surface area (Å²) in [5, 5.41) is 0. The number of rotatable bonds is 5. The Kier molecular flexibility index (Phi) is 4.58. The van der Waals surface area contributed by atoms with Crippen LogP contribution in [-0.4, -0.2) is 30.1 Å². The highest BCUT2D eigenvalue weighted by Crippen LogP contribution is 2.41. The third kappa shape index (κ3) is 3.16. The maximum Gasteiger partial charge on any atom is 0.227 e. The summed E-state index contributed by atoms with van der Waals surface area (Å²) < 4.78 is 11.7. The summed E-state index contributed by atoms with van der Waals surface area (Å²) in [6.45, 7) is 6.15. The van der Waals surface area contributed by atoms with E-state index in [-0.39, 0.29) is 11.9 Å². The Morgan fingerprint density at radius 3 is 2.65 bits per heavy atom. The lowest BCUT2D eigenvalue weighted by Crippen LogP contribution is -2.37. The first-order valence-electron chi connectivity index (χ1n) is 9.40. The minimum Gasteiger partial charge on any atom is -0.493 e. The van der Waals surface area contributed by atoms with Crippen molar-refractivity contribution in [3.8, 4) is 11.5 Å². The predicted molar refractivity (Wildman–Crippen MR) is 101 cm³/mol. The number of benzene rings is 2. The highest BCUT2D eigenvalue weighted by molar-refractivity contribution is 5.81. The zero-order chi connectivity index (χ0) is 18.1. The molecule has 0 unspecified atom stereocenters. The second kappa shape index (κ2) is 7.02. The molecule has 0 N–H and O–H groups in total. The molecule has 0 spiro atoms. The van der Waals surface area contributed by atoms with E-state index in [0.29, 0.717) is 26.2 Å². The standard InChI is InChI=1S/C22H25NO3/c1-15(2)23(14-16-6-4-3-5-7-16)21(24)13-19-18-9-11-25-20(18)12-17-8-10-26-22(17)19/h3-7,12,15H,8-11,13-14H2,1-2H3. The lowest BCUT2D eigenvalue weighted by molar-refractivity contribution is -0.132. The van der Waals surface area contributed by atoms with Crippen LogP contribution in [0.5, 0.6) is 11.5 Å². The molecule has 0 bridgehead atoms. The third-order valence-electron chi connectivity index (χ3n) is 5.23. The van der Waals surface area contributed by atoms with Gasteiger partial charge in [0.2, 0.25) is 5.91 Å². The molecule has 4 rings (SSSR count). The van der Waals surface area contributed by atoms with Crippen molar-refractivity contribution in [3.63, 3.8) is 0 Å². The van der Waals surface area contributed by atoms with Crippen LogP contribution in [0.1, 0.15) is 36.1 Å². The minimum atomic E-state index is 0.141. The fourth-order valence-corrected chi connectivity index (χ4v) is 3.86. The van der Waals surface area contributed by atoms with Crippen LogP contribution in [-0.2, 0) is 30.6 Å². The Bertz CT molecular complexity index is 782.